The monoisotopic (exact) mass is 345 g/mol. The minimum atomic E-state index is -0.397. The quantitative estimate of drug-likeness (QED) is 0.642. The third-order valence-electron chi connectivity index (χ3n) is 3.82. The van der Waals surface area contributed by atoms with Crippen LogP contribution < -0.4 is 11.2 Å². The number of nitrogens with two attached hydrogens (primary N) is 1. The zero-order valence-electron chi connectivity index (χ0n) is 14.2. The maximum absolute atomic E-state index is 12.7. The zero-order valence-corrected chi connectivity index (χ0v) is 15.0. The molecule has 1 amide bonds. The molecule has 0 radical (unpaired) electrons. The smallest absolute Gasteiger partial charge is 0.238 e. The number of amides is 1. The van der Waals surface area contributed by atoms with Crippen LogP contribution >= 0.6 is 11.8 Å². The second kappa shape index (κ2) is 6.47. The van der Waals surface area contributed by atoms with Crippen LogP contribution in [-0.4, -0.2) is 26.8 Å². The maximum Gasteiger partial charge on any atom is 0.238 e. The first-order valence-electron chi connectivity index (χ1n) is 8.09. The normalized spacial score (nSPS) is 16.0. The molecule has 3 rings (SSSR count). The average Bonchev–Trinajstić information content (AvgIpc) is 3.26. The lowest BCUT2D eigenvalue weighted by molar-refractivity contribution is -0.120. The SMILES string of the molecule is CC(C)(C)c1nnc(S[C@@H](C(=O)NC2CC2)c2ccccc2)n1N. The van der Waals surface area contributed by atoms with Gasteiger partial charge in [0.2, 0.25) is 11.1 Å². The number of nitrogens with one attached hydrogen (secondary N) is 1. The molecule has 1 aliphatic carbocycles. The van der Waals surface area contributed by atoms with Crippen LogP contribution in [-0.2, 0) is 10.2 Å². The number of hydrogen-bond acceptors (Lipinski definition) is 5. The zero-order chi connectivity index (χ0) is 17.3. The Bertz CT molecular complexity index is 718. The Morgan fingerprint density at radius 2 is 1.96 bits per heavy atom. The summed E-state index contributed by atoms with van der Waals surface area (Å²) < 4.78 is 1.49. The Morgan fingerprint density at radius 3 is 2.50 bits per heavy atom. The number of hydrogen-bond donors (Lipinski definition) is 2. The van der Waals surface area contributed by atoms with Crippen molar-refractivity contribution in [1.82, 2.24) is 20.2 Å². The van der Waals surface area contributed by atoms with Gasteiger partial charge in [-0.1, -0.05) is 62.9 Å². The molecular weight excluding hydrogens is 322 g/mol. The molecule has 1 aromatic heterocycles. The molecule has 2 aromatic rings. The van der Waals surface area contributed by atoms with E-state index in [-0.39, 0.29) is 11.3 Å². The van der Waals surface area contributed by atoms with Crippen molar-refractivity contribution in [3.05, 3.63) is 41.7 Å². The van der Waals surface area contributed by atoms with E-state index < -0.39 is 5.25 Å². The highest BCUT2D eigenvalue weighted by atomic mass is 32.2. The predicted molar refractivity (Wildman–Crippen MR) is 95.1 cm³/mol. The molecule has 128 valence electrons. The van der Waals surface area contributed by atoms with Crippen LogP contribution in [0.2, 0.25) is 0 Å². The van der Waals surface area contributed by atoms with Crippen molar-refractivity contribution in [1.29, 1.82) is 0 Å². The fourth-order valence-corrected chi connectivity index (χ4v) is 3.35. The molecule has 3 N–H and O–H groups in total. The van der Waals surface area contributed by atoms with E-state index in [4.69, 9.17) is 5.84 Å². The van der Waals surface area contributed by atoms with Gasteiger partial charge in [-0.2, -0.15) is 0 Å². The molecule has 0 unspecified atom stereocenters. The first-order valence-corrected chi connectivity index (χ1v) is 8.97. The first-order chi connectivity index (χ1) is 11.4. The van der Waals surface area contributed by atoms with E-state index in [1.807, 2.05) is 51.1 Å². The summed E-state index contributed by atoms with van der Waals surface area (Å²) in [5.74, 6) is 6.86. The summed E-state index contributed by atoms with van der Waals surface area (Å²) in [5.41, 5.74) is 0.722. The Balaban J connectivity index is 1.86. The Kier molecular flexibility index (Phi) is 4.54. The number of nitrogens with zero attached hydrogens (tertiary/aromatic N) is 3. The van der Waals surface area contributed by atoms with Crippen molar-refractivity contribution in [2.24, 2.45) is 0 Å². The molecule has 1 heterocycles. The number of nitrogen functional groups attached to an aromatic ring is 1. The molecule has 1 saturated carbocycles. The Hall–Kier alpha value is -2.02. The van der Waals surface area contributed by atoms with E-state index in [2.05, 4.69) is 15.5 Å². The molecule has 0 spiro atoms. The molecule has 6 nitrogen and oxygen atoms in total. The summed E-state index contributed by atoms with van der Waals surface area (Å²) in [7, 11) is 0. The first kappa shape index (κ1) is 16.8. The lowest BCUT2D eigenvalue weighted by atomic mass is 9.96. The highest BCUT2D eigenvalue weighted by molar-refractivity contribution is 8.00. The lowest BCUT2D eigenvalue weighted by Gasteiger charge is -2.18. The number of thioether (sulfide) groups is 1. The van der Waals surface area contributed by atoms with Gasteiger partial charge >= 0.3 is 0 Å². The molecule has 1 atom stereocenters. The number of carbonyl (C=O) groups excluding carboxylic acids is 1. The highest BCUT2D eigenvalue weighted by Gasteiger charge is 2.31. The lowest BCUT2D eigenvalue weighted by Crippen LogP contribution is -2.30. The Labute approximate surface area is 146 Å². The van der Waals surface area contributed by atoms with Crippen molar-refractivity contribution in [3.8, 4) is 0 Å². The third-order valence-corrected chi connectivity index (χ3v) is 5.03. The van der Waals surface area contributed by atoms with E-state index in [1.165, 1.54) is 16.4 Å². The summed E-state index contributed by atoms with van der Waals surface area (Å²) in [6.07, 6.45) is 2.11. The van der Waals surface area contributed by atoms with Gasteiger partial charge in [0.05, 0.1) is 0 Å². The van der Waals surface area contributed by atoms with E-state index in [9.17, 15) is 4.79 Å². The molecule has 0 bridgehead atoms. The van der Waals surface area contributed by atoms with E-state index in [1.54, 1.807) is 0 Å². The van der Waals surface area contributed by atoms with Crippen LogP contribution in [0.15, 0.2) is 35.5 Å². The second-order valence-electron chi connectivity index (χ2n) is 7.12. The summed E-state index contributed by atoms with van der Waals surface area (Å²) >= 11 is 1.34. The Morgan fingerprint density at radius 1 is 1.29 bits per heavy atom. The minimum Gasteiger partial charge on any atom is -0.352 e. The van der Waals surface area contributed by atoms with Crippen LogP contribution in [0.1, 0.15) is 50.3 Å². The largest absolute Gasteiger partial charge is 0.352 e. The molecular formula is C17H23N5OS. The van der Waals surface area contributed by atoms with Crippen LogP contribution in [0, 0.1) is 0 Å². The molecule has 1 aromatic carbocycles. The van der Waals surface area contributed by atoms with Gasteiger partial charge in [0.1, 0.15) is 5.25 Å². The highest BCUT2D eigenvalue weighted by Crippen LogP contribution is 2.36. The molecule has 24 heavy (non-hydrogen) atoms. The van der Waals surface area contributed by atoms with Crippen molar-refractivity contribution < 1.29 is 4.79 Å². The summed E-state index contributed by atoms with van der Waals surface area (Å²) in [6, 6.07) is 10.0. The van der Waals surface area contributed by atoms with Crippen molar-refractivity contribution in [2.45, 2.75) is 55.5 Å². The van der Waals surface area contributed by atoms with Crippen LogP contribution in [0.4, 0.5) is 0 Å². The fraction of sp³-hybridized carbons (Fsp3) is 0.471. The predicted octanol–water partition coefficient (Wildman–Crippen LogP) is 2.40. The van der Waals surface area contributed by atoms with Crippen LogP contribution in [0.3, 0.4) is 0 Å². The number of aromatic nitrogens is 3. The van der Waals surface area contributed by atoms with Crippen molar-refractivity contribution in [2.75, 3.05) is 5.84 Å². The third kappa shape index (κ3) is 3.72. The van der Waals surface area contributed by atoms with Crippen LogP contribution in [0.5, 0.6) is 0 Å². The summed E-state index contributed by atoms with van der Waals surface area (Å²) in [4.78, 5) is 12.7. The minimum absolute atomic E-state index is 0.00555. The molecule has 0 aliphatic heterocycles. The van der Waals surface area contributed by atoms with E-state index >= 15 is 0 Å². The topological polar surface area (TPSA) is 85.8 Å². The molecule has 7 heteroatoms. The second-order valence-corrected chi connectivity index (χ2v) is 8.19. The molecule has 1 fully saturated rings. The van der Waals surface area contributed by atoms with Crippen LogP contribution in [0.25, 0.3) is 0 Å². The van der Waals surface area contributed by atoms with Gasteiger partial charge in [-0.05, 0) is 18.4 Å². The molecule has 1 aliphatic rings. The summed E-state index contributed by atoms with van der Waals surface area (Å²) in [6.45, 7) is 6.09. The summed E-state index contributed by atoms with van der Waals surface area (Å²) in [5, 5.41) is 11.6. The van der Waals surface area contributed by atoms with Gasteiger partial charge in [-0.25, -0.2) is 4.68 Å². The maximum atomic E-state index is 12.7. The number of benzene rings is 1. The fourth-order valence-electron chi connectivity index (χ4n) is 2.38. The number of carbonyl (C=O) groups is 1. The van der Waals surface area contributed by atoms with Gasteiger partial charge in [0.25, 0.3) is 0 Å². The van der Waals surface area contributed by atoms with Crippen molar-refractivity contribution >= 4 is 17.7 Å². The van der Waals surface area contributed by atoms with E-state index in [0.717, 1.165) is 18.4 Å². The van der Waals surface area contributed by atoms with E-state index in [0.29, 0.717) is 17.0 Å². The van der Waals surface area contributed by atoms with Gasteiger partial charge < -0.3 is 11.2 Å². The molecule has 0 saturated heterocycles. The van der Waals surface area contributed by atoms with Gasteiger partial charge in [0, 0.05) is 11.5 Å². The average molecular weight is 345 g/mol. The number of rotatable bonds is 5. The standard InChI is InChI=1S/C17H23N5OS/c1-17(2,3)15-20-21-16(22(15)18)24-13(11-7-5-4-6-8-11)14(23)19-12-9-10-12/h4-8,12-13H,9-10,18H2,1-3H3,(H,19,23)/t13-/m1/s1. The van der Waals surface area contributed by atoms with Gasteiger partial charge in [-0.3, -0.25) is 4.79 Å². The van der Waals surface area contributed by atoms with Gasteiger partial charge in [-0.15, -0.1) is 10.2 Å². The van der Waals surface area contributed by atoms with Crippen molar-refractivity contribution in [3.63, 3.8) is 0 Å². The van der Waals surface area contributed by atoms with Gasteiger partial charge in [0.15, 0.2) is 5.82 Å².